The second kappa shape index (κ2) is 6.78. The minimum atomic E-state index is 0.596. The Bertz CT molecular complexity index is 295. The molecule has 0 bridgehead atoms. The van der Waals surface area contributed by atoms with Crippen LogP contribution in [0.15, 0.2) is 11.6 Å². The molecule has 17 heavy (non-hydrogen) atoms. The summed E-state index contributed by atoms with van der Waals surface area (Å²) in [4.78, 5) is 4.79. The number of hydrogen-bond donors (Lipinski definition) is 0. The van der Waals surface area contributed by atoms with E-state index in [9.17, 15) is 0 Å². The number of hydrogen-bond acceptors (Lipinski definition) is 3. The second-order valence-corrected chi connectivity index (χ2v) is 5.13. The summed E-state index contributed by atoms with van der Waals surface area (Å²) >= 11 is 0. The van der Waals surface area contributed by atoms with Gasteiger partial charge in [0.05, 0.1) is 12.6 Å². The molecule has 0 atom stereocenters. The van der Waals surface area contributed by atoms with Crippen molar-refractivity contribution >= 4 is 0 Å². The van der Waals surface area contributed by atoms with Crippen LogP contribution in [0.3, 0.4) is 0 Å². The molecule has 0 saturated carbocycles. The molecular formula is C14H23N3. The second-order valence-electron chi connectivity index (χ2n) is 5.13. The van der Waals surface area contributed by atoms with E-state index in [1.165, 1.54) is 38.6 Å². The summed E-state index contributed by atoms with van der Waals surface area (Å²) in [6.07, 6.45) is 9.12. The van der Waals surface area contributed by atoms with Crippen LogP contribution in [0, 0.1) is 11.3 Å². The van der Waals surface area contributed by atoms with E-state index in [1.54, 1.807) is 5.57 Å². The van der Waals surface area contributed by atoms with E-state index in [2.05, 4.69) is 21.9 Å². The molecule has 0 spiro atoms. The Morgan fingerprint density at radius 2 is 1.88 bits per heavy atom. The van der Waals surface area contributed by atoms with Gasteiger partial charge in [-0.25, -0.2) is 0 Å². The molecule has 0 aromatic heterocycles. The van der Waals surface area contributed by atoms with Gasteiger partial charge in [0.15, 0.2) is 0 Å². The van der Waals surface area contributed by atoms with Crippen molar-refractivity contribution < 1.29 is 0 Å². The Balaban J connectivity index is 1.64. The molecule has 0 radical (unpaired) electrons. The van der Waals surface area contributed by atoms with Crippen molar-refractivity contribution in [1.82, 2.24) is 9.80 Å². The van der Waals surface area contributed by atoms with Gasteiger partial charge in [-0.05, 0) is 32.1 Å². The molecule has 0 amide bonds. The highest BCUT2D eigenvalue weighted by molar-refractivity contribution is 5.05. The summed E-state index contributed by atoms with van der Waals surface area (Å²) in [7, 11) is 0. The number of allylic oxidation sites excluding steroid dienone is 1. The van der Waals surface area contributed by atoms with Gasteiger partial charge >= 0.3 is 0 Å². The van der Waals surface area contributed by atoms with E-state index < -0.39 is 0 Å². The molecule has 1 aliphatic carbocycles. The number of nitrogens with zero attached hydrogens (tertiary/aromatic N) is 3. The molecule has 0 N–H and O–H groups in total. The highest BCUT2D eigenvalue weighted by Gasteiger charge is 2.16. The molecule has 1 aliphatic heterocycles. The predicted molar refractivity (Wildman–Crippen MR) is 69.7 cm³/mol. The Morgan fingerprint density at radius 1 is 1.12 bits per heavy atom. The van der Waals surface area contributed by atoms with Crippen molar-refractivity contribution in [3.8, 4) is 6.07 Å². The molecule has 1 saturated heterocycles. The van der Waals surface area contributed by atoms with Crippen molar-refractivity contribution in [3.05, 3.63) is 11.6 Å². The molecule has 2 aliphatic rings. The molecule has 0 unspecified atom stereocenters. The van der Waals surface area contributed by atoms with Crippen LogP contribution in [0.25, 0.3) is 0 Å². The largest absolute Gasteiger partial charge is 0.300 e. The van der Waals surface area contributed by atoms with Crippen LogP contribution in [0.5, 0.6) is 0 Å². The fourth-order valence-corrected chi connectivity index (χ4v) is 2.70. The van der Waals surface area contributed by atoms with Gasteiger partial charge in [-0.3, -0.25) is 4.90 Å². The summed E-state index contributed by atoms with van der Waals surface area (Å²) < 4.78 is 0. The van der Waals surface area contributed by atoms with Crippen molar-refractivity contribution in [2.75, 3.05) is 39.3 Å². The topological polar surface area (TPSA) is 30.3 Å². The standard InChI is InChI=1S/C14H23N3/c15-7-9-17-12-10-16(11-13-17)8-6-14-4-2-1-3-5-14/h4H,1-3,5-6,8-13H2. The Labute approximate surface area is 105 Å². The Morgan fingerprint density at radius 3 is 2.53 bits per heavy atom. The van der Waals surface area contributed by atoms with Gasteiger partial charge in [0.2, 0.25) is 0 Å². The lowest BCUT2D eigenvalue weighted by molar-refractivity contribution is 0.144. The Hall–Kier alpha value is -0.850. The third-order valence-corrected chi connectivity index (χ3v) is 3.89. The smallest absolute Gasteiger partial charge is 0.0866 e. The zero-order valence-corrected chi connectivity index (χ0v) is 10.7. The minimum Gasteiger partial charge on any atom is -0.300 e. The number of nitriles is 1. The van der Waals surface area contributed by atoms with Crippen molar-refractivity contribution in [2.45, 2.75) is 32.1 Å². The third-order valence-electron chi connectivity index (χ3n) is 3.89. The van der Waals surface area contributed by atoms with Crippen LogP contribution in [0.4, 0.5) is 0 Å². The molecule has 0 aromatic carbocycles. The lowest BCUT2D eigenvalue weighted by Crippen LogP contribution is -2.46. The van der Waals surface area contributed by atoms with E-state index in [0.29, 0.717) is 6.54 Å². The van der Waals surface area contributed by atoms with Gasteiger partial charge in [0, 0.05) is 32.7 Å². The van der Waals surface area contributed by atoms with Crippen LogP contribution in [0.1, 0.15) is 32.1 Å². The van der Waals surface area contributed by atoms with E-state index >= 15 is 0 Å². The maximum absolute atomic E-state index is 8.65. The van der Waals surface area contributed by atoms with E-state index in [-0.39, 0.29) is 0 Å². The number of piperazine rings is 1. The van der Waals surface area contributed by atoms with Gasteiger partial charge in [0.1, 0.15) is 0 Å². The normalized spacial score (nSPS) is 23.1. The molecule has 1 fully saturated rings. The molecule has 3 nitrogen and oxygen atoms in total. The average molecular weight is 233 g/mol. The van der Waals surface area contributed by atoms with Gasteiger partial charge in [-0.2, -0.15) is 5.26 Å². The lowest BCUT2D eigenvalue weighted by Gasteiger charge is -2.33. The highest BCUT2D eigenvalue weighted by Crippen LogP contribution is 2.20. The van der Waals surface area contributed by atoms with E-state index in [0.717, 1.165) is 26.2 Å². The Kier molecular flexibility index (Phi) is 5.03. The lowest BCUT2D eigenvalue weighted by atomic mass is 9.97. The average Bonchev–Trinajstić information content (AvgIpc) is 2.40. The molecule has 1 heterocycles. The molecule has 3 heteroatoms. The van der Waals surface area contributed by atoms with Crippen molar-refractivity contribution in [2.24, 2.45) is 0 Å². The third kappa shape index (κ3) is 4.14. The van der Waals surface area contributed by atoms with Crippen LogP contribution < -0.4 is 0 Å². The van der Waals surface area contributed by atoms with Crippen molar-refractivity contribution in [1.29, 1.82) is 5.26 Å². The molecule has 94 valence electrons. The summed E-state index contributed by atoms with van der Waals surface area (Å²) in [6.45, 7) is 6.20. The monoisotopic (exact) mass is 233 g/mol. The summed E-state index contributed by atoms with van der Waals surface area (Å²) in [6, 6.07) is 2.23. The van der Waals surface area contributed by atoms with Gasteiger partial charge in [-0.15, -0.1) is 0 Å². The maximum Gasteiger partial charge on any atom is 0.0866 e. The van der Waals surface area contributed by atoms with E-state index in [1.807, 2.05) is 0 Å². The fourth-order valence-electron chi connectivity index (χ4n) is 2.70. The first-order valence-corrected chi connectivity index (χ1v) is 6.88. The van der Waals surface area contributed by atoms with Crippen molar-refractivity contribution in [3.63, 3.8) is 0 Å². The fraction of sp³-hybridized carbons (Fsp3) is 0.786. The molecular weight excluding hydrogens is 210 g/mol. The highest BCUT2D eigenvalue weighted by atomic mass is 15.3. The van der Waals surface area contributed by atoms with E-state index in [4.69, 9.17) is 5.26 Å². The first-order chi connectivity index (χ1) is 8.38. The SMILES string of the molecule is N#CCN1CCN(CCC2=CCCCC2)CC1. The summed E-state index contributed by atoms with van der Waals surface area (Å²) in [5.41, 5.74) is 1.68. The van der Waals surface area contributed by atoms with Crippen LogP contribution in [-0.2, 0) is 0 Å². The van der Waals surface area contributed by atoms with Gasteiger partial charge in [0.25, 0.3) is 0 Å². The first-order valence-electron chi connectivity index (χ1n) is 6.88. The van der Waals surface area contributed by atoms with Crippen LogP contribution >= 0.6 is 0 Å². The van der Waals surface area contributed by atoms with Crippen LogP contribution in [0.2, 0.25) is 0 Å². The number of rotatable bonds is 4. The van der Waals surface area contributed by atoms with Gasteiger partial charge in [-0.1, -0.05) is 11.6 Å². The first kappa shape index (κ1) is 12.6. The summed E-state index contributed by atoms with van der Waals surface area (Å²) in [5, 5.41) is 8.65. The summed E-state index contributed by atoms with van der Waals surface area (Å²) in [5.74, 6) is 0. The van der Waals surface area contributed by atoms with Gasteiger partial charge < -0.3 is 4.90 Å². The zero-order chi connectivity index (χ0) is 11.9. The maximum atomic E-state index is 8.65. The zero-order valence-electron chi connectivity index (χ0n) is 10.7. The predicted octanol–water partition coefficient (Wildman–Crippen LogP) is 2.02. The van der Waals surface area contributed by atoms with Crippen LogP contribution in [-0.4, -0.2) is 49.1 Å². The molecule has 0 aromatic rings. The molecule has 2 rings (SSSR count). The minimum absolute atomic E-state index is 0.596. The quantitative estimate of drug-likeness (QED) is 0.550.